The van der Waals surface area contributed by atoms with Gasteiger partial charge in [-0.1, -0.05) is 24.3 Å². The van der Waals surface area contributed by atoms with Crippen LogP contribution in [0.15, 0.2) is 24.3 Å². The van der Waals surface area contributed by atoms with E-state index in [0.717, 1.165) is 24.6 Å². The van der Waals surface area contributed by atoms with Gasteiger partial charge in [-0.05, 0) is 36.4 Å². The summed E-state index contributed by atoms with van der Waals surface area (Å²) in [5, 5.41) is 3.43. The Balaban J connectivity index is 1.78. The van der Waals surface area contributed by atoms with Gasteiger partial charge in [0.2, 0.25) is 5.91 Å². The third kappa shape index (κ3) is 3.66. The Morgan fingerprint density at radius 3 is 2.44 bits per heavy atom. The van der Waals surface area contributed by atoms with Crippen LogP contribution in [0.25, 0.3) is 0 Å². The third-order valence-corrected chi connectivity index (χ3v) is 2.86. The Hall–Kier alpha value is -1.35. The summed E-state index contributed by atoms with van der Waals surface area (Å²) >= 11 is 0. The third-order valence-electron chi connectivity index (χ3n) is 2.86. The first-order valence-electron chi connectivity index (χ1n) is 5.81. The zero-order valence-corrected chi connectivity index (χ0v) is 9.41. The number of benzene rings is 1. The van der Waals surface area contributed by atoms with Crippen molar-refractivity contribution >= 4 is 5.91 Å². The maximum Gasteiger partial charge on any atom is 0.221 e. The molecule has 1 saturated carbocycles. The van der Waals surface area contributed by atoms with Crippen molar-refractivity contribution in [3.05, 3.63) is 35.4 Å². The van der Waals surface area contributed by atoms with E-state index in [1.165, 1.54) is 18.4 Å². The first-order chi connectivity index (χ1) is 7.74. The summed E-state index contributed by atoms with van der Waals surface area (Å²) in [6, 6.07) is 8.05. The fraction of sp³-hybridized carbons (Fsp3) is 0.462. The van der Waals surface area contributed by atoms with Crippen LogP contribution in [0.3, 0.4) is 0 Å². The SMILES string of the molecule is NC(=O)Cc1ccc(CNCC2CC2)cc1. The highest BCUT2D eigenvalue weighted by Crippen LogP contribution is 2.27. The molecule has 86 valence electrons. The molecule has 3 nitrogen and oxygen atoms in total. The van der Waals surface area contributed by atoms with E-state index in [2.05, 4.69) is 17.4 Å². The second-order valence-electron chi connectivity index (χ2n) is 4.53. The van der Waals surface area contributed by atoms with Gasteiger partial charge in [-0.2, -0.15) is 0 Å². The molecule has 1 amide bonds. The van der Waals surface area contributed by atoms with Crippen molar-refractivity contribution in [2.24, 2.45) is 11.7 Å². The zero-order chi connectivity index (χ0) is 11.4. The van der Waals surface area contributed by atoms with Crippen LogP contribution in [0.4, 0.5) is 0 Å². The minimum atomic E-state index is -0.278. The molecule has 0 spiro atoms. The van der Waals surface area contributed by atoms with Gasteiger partial charge in [0, 0.05) is 6.54 Å². The molecule has 0 radical (unpaired) electrons. The van der Waals surface area contributed by atoms with Gasteiger partial charge in [0.25, 0.3) is 0 Å². The molecule has 0 aliphatic heterocycles. The molecule has 1 aromatic carbocycles. The van der Waals surface area contributed by atoms with Crippen LogP contribution in [0.5, 0.6) is 0 Å². The molecule has 1 aromatic rings. The molecule has 1 aliphatic rings. The van der Waals surface area contributed by atoms with Crippen molar-refractivity contribution in [1.29, 1.82) is 0 Å². The second-order valence-corrected chi connectivity index (χ2v) is 4.53. The molecule has 1 aliphatic carbocycles. The molecular formula is C13H18N2O. The number of rotatable bonds is 6. The van der Waals surface area contributed by atoms with E-state index >= 15 is 0 Å². The number of hydrogen-bond donors (Lipinski definition) is 2. The van der Waals surface area contributed by atoms with Gasteiger partial charge in [-0.15, -0.1) is 0 Å². The molecule has 3 N–H and O–H groups in total. The lowest BCUT2D eigenvalue weighted by atomic mass is 10.1. The molecule has 1 fully saturated rings. The monoisotopic (exact) mass is 218 g/mol. The Kier molecular flexibility index (Phi) is 3.57. The largest absolute Gasteiger partial charge is 0.369 e. The predicted molar refractivity (Wildman–Crippen MR) is 63.8 cm³/mol. The molecule has 3 heteroatoms. The maximum absolute atomic E-state index is 10.7. The number of nitrogens with two attached hydrogens (primary N) is 1. The van der Waals surface area contributed by atoms with Gasteiger partial charge in [0.15, 0.2) is 0 Å². The van der Waals surface area contributed by atoms with Crippen LogP contribution in [0, 0.1) is 5.92 Å². The van der Waals surface area contributed by atoms with Crippen LogP contribution in [-0.2, 0) is 17.8 Å². The fourth-order valence-corrected chi connectivity index (χ4v) is 1.72. The van der Waals surface area contributed by atoms with Gasteiger partial charge >= 0.3 is 0 Å². The number of carbonyl (C=O) groups is 1. The molecule has 0 unspecified atom stereocenters. The fourth-order valence-electron chi connectivity index (χ4n) is 1.72. The number of nitrogens with one attached hydrogen (secondary N) is 1. The number of amides is 1. The van der Waals surface area contributed by atoms with Crippen molar-refractivity contribution < 1.29 is 4.79 Å². The molecule has 0 atom stereocenters. The topological polar surface area (TPSA) is 55.1 Å². The first kappa shape index (κ1) is 11.1. The lowest BCUT2D eigenvalue weighted by Gasteiger charge is -2.04. The summed E-state index contributed by atoms with van der Waals surface area (Å²) in [5.74, 6) is 0.633. The summed E-state index contributed by atoms with van der Waals surface area (Å²) in [7, 11) is 0. The smallest absolute Gasteiger partial charge is 0.221 e. The summed E-state index contributed by atoms with van der Waals surface area (Å²) in [6.07, 6.45) is 3.09. The zero-order valence-electron chi connectivity index (χ0n) is 9.41. The van der Waals surface area contributed by atoms with E-state index in [1.807, 2.05) is 12.1 Å². The Morgan fingerprint density at radius 2 is 1.88 bits per heavy atom. The highest BCUT2D eigenvalue weighted by Gasteiger charge is 2.19. The van der Waals surface area contributed by atoms with E-state index in [4.69, 9.17) is 5.73 Å². The lowest BCUT2D eigenvalue weighted by molar-refractivity contribution is -0.117. The first-order valence-corrected chi connectivity index (χ1v) is 5.81. The molecular weight excluding hydrogens is 200 g/mol. The predicted octanol–water partition coefficient (Wildman–Crippen LogP) is 1.21. The van der Waals surface area contributed by atoms with Gasteiger partial charge in [0.05, 0.1) is 6.42 Å². The van der Waals surface area contributed by atoms with Crippen LogP contribution in [-0.4, -0.2) is 12.5 Å². The molecule has 0 heterocycles. The van der Waals surface area contributed by atoms with Crippen LogP contribution in [0.1, 0.15) is 24.0 Å². The van der Waals surface area contributed by atoms with Gasteiger partial charge < -0.3 is 11.1 Å². The normalized spacial score (nSPS) is 15.0. The second kappa shape index (κ2) is 5.12. The molecule has 0 bridgehead atoms. The summed E-state index contributed by atoms with van der Waals surface area (Å²) in [6.45, 7) is 2.04. The van der Waals surface area contributed by atoms with Crippen molar-refractivity contribution in [2.75, 3.05) is 6.54 Å². The van der Waals surface area contributed by atoms with E-state index in [9.17, 15) is 4.79 Å². The van der Waals surface area contributed by atoms with Crippen LogP contribution in [0.2, 0.25) is 0 Å². The molecule has 2 rings (SSSR count). The van der Waals surface area contributed by atoms with Crippen LogP contribution < -0.4 is 11.1 Å². The number of primary amides is 1. The Morgan fingerprint density at radius 1 is 1.25 bits per heavy atom. The van der Waals surface area contributed by atoms with Crippen LogP contribution >= 0.6 is 0 Å². The van der Waals surface area contributed by atoms with E-state index in [1.54, 1.807) is 0 Å². The molecule has 16 heavy (non-hydrogen) atoms. The van der Waals surface area contributed by atoms with E-state index in [-0.39, 0.29) is 5.91 Å². The number of hydrogen-bond acceptors (Lipinski definition) is 2. The Bertz CT molecular complexity index is 355. The highest BCUT2D eigenvalue weighted by atomic mass is 16.1. The standard InChI is InChI=1S/C13H18N2O/c14-13(16)7-10-1-3-11(4-2-10)8-15-9-12-5-6-12/h1-4,12,15H,5-9H2,(H2,14,16). The van der Waals surface area contributed by atoms with Crippen molar-refractivity contribution in [3.8, 4) is 0 Å². The average Bonchev–Trinajstić information content (AvgIpc) is 3.04. The summed E-state index contributed by atoms with van der Waals surface area (Å²) < 4.78 is 0. The van der Waals surface area contributed by atoms with Gasteiger partial charge in [0.1, 0.15) is 0 Å². The summed E-state index contributed by atoms with van der Waals surface area (Å²) in [5.41, 5.74) is 7.37. The minimum absolute atomic E-state index is 0.278. The molecule has 0 aromatic heterocycles. The average molecular weight is 218 g/mol. The van der Waals surface area contributed by atoms with Gasteiger partial charge in [-0.25, -0.2) is 0 Å². The molecule has 0 saturated heterocycles. The Labute approximate surface area is 96.0 Å². The maximum atomic E-state index is 10.7. The lowest BCUT2D eigenvalue weighted by Crippen LogP contribution is -2.16. The van der Waals surface area contributed by atoms with Crippen molar-refractivity contribution in [3.63, 3.8) is 0 Å². The van der Waals surface area contributed by atoms with E-state index < -0.39 is 0 Å². The van der Waals surface area contributed by atoms with Gasteiger partial charge in [-0.3, -0.25) is 4.79 Å². The number of carbonyl (C=O) groups excluding carboxylic acids is 1. The van der Waals surface area contributed by atoms with E-state index in [0.29, 0.717) is 6.42 Å². The summed E-state index contributed by atoms with van der Waals surface area (Å²) in [4.78, 5) is 10.7. The van der Waals surface area contributed by atoms with Crippen molar-refractivity contribution in [2.45, 2.75) is 25.8 Å². The quantitative estimate of drug-likeness (QED) is 0.754. The van der Waals surface area contributed by atoms with Crippen molar-refractivity contribution in [1.82, 2.24) is 5.32 Å². The minimum Gasteiger partial charge on any atom is -0.369 e. The highest BCUT2D eigenvalue weighted by molar-refractivity contribution is 5.76.